The summed E-state index contributed by atoms with van der Waals surface area (Å²) in [5.74, 6) is -10.9. The summed E-state index contributed by atoms with van der Waals surface area (Å²) in [6.45, 7) is 0. The van der Waals surface area contributed by atoms with Crippen molar-refractivity contribution in [3.63, 3.8) is 0 Å². The zero-order valence-electron chi connectivity index (χ0n) is 11.5. The third-order valence-corrected chi connectivity index (χ3v) is 1.72. The maximum absolute atomic E-state index is 12.9. The Morgan fingerprint density at radius 2 is 1.00 bits per heavy atom. The number of carbonyl (C=O) groups excluding carboxylic acids is 1. The second kappa shape index (κ2) is 7.82. The molecule has 26 heavy (non-hydrogen) atoms. The number of carboxylic acid groups (broad SMARTS) is 1. The van der Waals surface area contributed by atoms with E-state index >= 15 is 0 Å². The average Bonchev–Trinajstić information content (AvgIpc) is 2.20. The van der Waals surface area contributed by atoms with Crippen LogP contribution in [0.4, 0.5) is 57.1 Å². The summed E-state index contributed by atoms with van der Waals surface area (Å²) in [7, 11) is 0. The Kier molecular flexibility index (Phi) is 8.32. The molecule has 19 heteroatoms. The molecule has 0 rings (SSSR count). The Balaban J connectivity index is 0. The second-order valence-electron chi connectivity index (χ2n) is 3.63. The van der Waals surface area contributed by atoms with Crippen LogP contribution in [0.5, 0.6) is 0 Å². The summed E-state index contributed by atoms with van der Waals surface area (Å²) in [6, 6.07) is 0. The summed E-state index contributed by atoms with van der Waals surface area (Å²) < 4.78 is 163. The first kappa shape index (κ1) is 27.7. The van der Waals surface area contributed by atoms with E-state index in [2.05, 4.69) is 0 Å². The first-order valence-electron chi connectivity index (χ1n) is 4.84. The van der Waals surface area contributed by atoms with E-state index in [1.807, 2.05) is 0 Å². The van der Waals surface area contributed by atoms with E-state index in [0.29, 0.717) is 0 Å². The van der Waals surface area contributed by atoms with Gasteiger partial charge < -0.3 is 9.90 Å². The van der Waals surface area contributed by atoms with Gasteiger partial charge in [-0.25, -0.2) is 4.74 Å². The number of carbonyl (C=O) groups is 1. The van der Waals surface area contributed by atoms with Crippen LogP contribution in [0, 0.1) is 0 Å². The molecule has 0 aliphatic rings. The molecule has 0 heterocycles. The van der Waals surface area contributed by atoms with Gasteiger partial charge in [0.2, 0.25) is 0 Å². The molecule has 0 aliphatic heterocycles. The van der Waals surface area contributed by atoms with Crippen molar-refractivity contribution in [3.8, 4) is 0 Å². The minimum atomic E-state index is -7.20. The second-order valence-corrected chi connectivity index (χ2v) is 3.63. The van der Waals surface area contributed by atoms with Crippen molar-refractivity contribution in [1.29, 1.82) is 0 Å². The van der Waals surface area contributed by atoms with Crippen LogP contribution < -0.4 is 34.7 Å². The standard InChI is InChI=1S/C7HF13O5.Na/c8-2(1(21)22,3(9,10)11)23-4(12,13)5(14,15)24-7(19,20)25-6(16,17)18;/h(H,21,22);/q;+1/p-1. The molecular weight excluding hydrogens is 434 g/mol. The molecule has 0 N–H and O–H groups in total. The van der Waals surface area contributed by atoms with E-state index in [9.17, 15) is 67.0 Å². The van der Waals surface area contributed by atoms with Crippen LogP contribution in [0.2, 0.25) is 0 Å². The van der Waals surface area contributed by atoms with Crippen LogP contribution in [0.25, 0.3) is 0 Å². The fraction of sp³-hybridized carbons (Fsp3) is 0.857. The zero-order chi connectivity index (χ0) is 20.7. The summed E-state index contributed by atoms with van der Waals surface area (Å²) in [5, 5.41) is 9.87. The van der Waals surface area contributed by atoms with Crippen LogP contribution in [-0.4, -0.2) is 42.9 Å². The van der Waals surface area contributed by atoms with Crippen LogP contribution >= 0.6 is 0 Å². The molecule has 0 aromatic carbocycles. The van der Waals surface area contributed by atoms with E-state index in [1.165, 1.54) is 4.74 Å². The molecule has 0 radical (unpaired) electrons. The number of rotatable bonds is 7. The third kappa shape index (κ3) is 6.87. The van der Waals surface area contributed by atoms with E-state index in [1.54, 1.807) is 9.47 Å². The molecule has 150 valence electrons. The van der Waals surface area contributed by atoms with Crippen LogP contribution in [0.3, 0.4) is 0 Å². The van der Waals surface area contributed by atoms with Gasteiger partial charge in [0.25, 0.3) is 0 Å². The Hall–Kier alpha value is -0.560. The quantitative estimate of drug-likeness (QED) is 0.301. The Labute approximate surface area is 154 Å². The molecule has 0 aromatic rings. The van der Waals surface area contributed by atoms with Gasteiger partial charge in [0.05, 0.1) is 0 Å². The van der Waals surface area contributed by atoms with Crippen molar-refractivity contribution >= 4 is 5.97 Å². The Morgan fingerprint density at radius 1 is 0.654 bits per heavy atom. The van der Waals surface area contributed by atoms with E-state index in [4.69, 9.17) is 0 Å². The fourth-order valence-corrected chi connectivity index (χ4v) is 0.815. The number of aliphatic carboxylic acids is 1. The number of hydrogen-bond acceptors (Lipinski definition) is 5. The van der Waals surface area contributed by atoms with Crippen molar-refractivity contribution in [3.05, 3.63) is 0 Å². The predicted octanol–water partition coefficient (Wildman–Crippen LogP) is -0.726. The molecule has 1 unspecified atom stereocenters. The molecule has 0 aromatic heterocycles. The van der Waals surface area contributed by atoms with Crippen molar-refractivity contribution in [2.45, 2.75) is 36.9 Å². The first-order chi connectivity index (χ1) is 10.6. The van der Waals surface area contributed by atoms with Gasteiger partial charge in [-0.2, -0.15) is 39.9 Å². The summed E-state index contributed by atoms with van der Waals surface area (Å²) >= 11 is 0. The molecular formula is C7F13NaO5. The minimum Gasteiger partial charge on any atom is -0.544 e. The molecule has 0 spiro atoms. The molecule has 0 amide bonds. The molecule has 5 nitrogen and oxygen atoms in total. The number of carboxylic acids is 1. The molecule has 0 fully saturated rings. The van der Waals surface area contributed by atoms with E-state index in [-0.39, 0.29) is 29.6 Å². The first-order valence-corrected chi connectivity index (χ1v) is 4.84. The van der Waals surface area contributed by atoms with Gasteiger partial charge >= 0.3 is 66.5 Å². The van der Waals surface area contributed by atoms with E-state index < -0.39 is 42.9 Å². The largest absolute Gasteiger partial charge is 1.00 e. The normalized spacial score (nSPS) is 16.7. The molecule has 0 aliphatic carbocycles. The number of alkyl halides is 13. The molecule has 0 saturated heterocycles. The summed E-state index contributed by atoms with van der Waals surface area (Å²) in [6.07, 6.45) is -34.4. The monoisotopic (exact) mass is 434 g/mol. The van der Waals surface area contributed by atoms with Crippen molar-refractivity contribution in [2.75, 3.05) is 0 Å². The van der Waals surface area contributed by atoms with Crippen LogP contribution in [0.1, 0.15) is 0 Å². The predicted molar refractivity (Wildman–Crippen MR) is 39.1 cm³/mol. The van der Waals surface area contributed by atoms with Gasteiger partial charge in [0.1, 0.15) is 5.97 Å². The zero-order valence-corrected chi connectivity index (χ0v) is 13.5. The van der Waals surface area contributed by atoms with Crippen LogP contribution in [-0.2, 0) is 19.0 Å². The maximum atomic E-state index is 12.9. The smallest absolute Gasteiger partial charge is 0.544 e. The van der Waals surface area contributed by atoms with Gasteiger partial charge in [-0.1, -0.05) is 0 Å². The SMILES string of the molecule is O=C([O-])C(F)(OC(F)(F)C(F)(F)OC(F)(F)OC(F)(F)F)C(F)(F)F.[Na+]. The molecule has 0 saturated carbocycles. The minimum absolute atomic E-state index is 0. The number of ether oxygens (including phenoxy) is 3. The number of hydrogen-bond donors (Lipinski definition) is 0. The van der Waals surface area contributed by atoms with Crippen LogP contribution in [0.15, 0.2) is 0 Å². The topological polar surface area (TPSA) is 67.8 Å². The van der Waals surface area contributed by atoms with Gasteiger partial charge in [-0.05, 0) is 0 Å². The van der Waals surface area contributed by atoms with Gasteiger partial charge in [-0.3, -0.25) is 4.74 Å². The summed E-state index contributed by atoms with van der Waals surface area (Å²) in [5.41, 5.74) is 0. The van der Waals surface area contributed by atoms with Gasteiger partial charge in [0, 0.05) is 0 Å². The fourth-order valence-electron chi connectivity index (χ4n) is 0.815. The van der Waals surface area contributed by atoms with Gasteiger partial charge in [0.15, 0.2) is 0 Å². The van der Waals surface area contributed by atoms with Gasteiger partial charge in [-0.15, -0.1) is 22.0 Å². The summed E-state index contributed by atoms with van der Waals surface area (Å²) in [4.78, 5) is 9.87. The Morgan fingerprint density at radius 3 is 1.27 bits per heavy atom. The van der Waals surface area contributed by atoms with Crippen molar-refractivity contribution < 1.29 is 111 Å². The van der Waals surface area contributed by atoms with E-state index in [0.717, 1.165) is 0 Å². The number of halogens is 13. The van der Waals surface area contributed by atoms with Crippen molar-refractivity contribution in [2.24, 2.45) is 0 Å². The third-order valence-electron chi connectivity index (χ3n) is 1.72. The molecule has 0 bridgehead atoms. The average molecular weight is 434 g/mol. The van der Waals surface area contributed by atoms with Crippen molar-refractivity contribution in [1.82, 2.24) is 0 Å². The Bertz CT molecular complexity index is 502. The molecule has 1 atom stereocenters. The maximum Gasteiger partial charge on any atom is 1.00 e.